The van der Waals surface area contributed by atoms with Crippen molar-refractivity contribution in [3.05, 3.63) is 35.9 Å². The standard InChI is InChI=1S/C35H58N4O8/c1-33(2,3)45-30(41)24-37-17-15-36-16-18-38(25-31(42)46-34(4,5)6)20-22-39(21-19-37)28(32(43)47-35(7,8)9)23-29(40)44-26-27-13-11-10-12-14-27/h10-14,28,36H,15-26H2,1-9H3. The average Bonchev–Trinajstić information content (AvgIpc) is 2.91. The van der Waals surface area contributed by atoms with Crippen LogP contribution in [0.25, 0.3) is 0 Å². The van der Waals surface area contributed by atoms with Crippen molar-refractivity contribution in [2.75, 3.05) is 65.4 Å². The molecule has 0 radical (unpaired) electrons. The molecule has 266 valence electrons. The van der Waals surface area contributed by atoms with Gasteiger partial charge in [-0.2, -0.15) is 0 Å². The zero-order valence-corrected chi connectivity index (χ0v) is 30.1. The fourth-order valence-corrected chi connectivity index (χ4v) is 4.90. The summed E-state index contributed by atoms with van der Waals surface area (Å²) in [5.74, 6) is -1.75. The van der Waals surface area contributed by atoms with E-state index in [4.69, 9.17) is 18.9 Å². The fourth-order valence-electron chi connectivity index (χ4n) is 4.90. The van der Waals surface area contributed by atoms with Crippen LogP contribution in [0.5, 0.6) is 0 Å². The molecule has 0 aromatic heterocycles. The van der Waals surface area contributed by atoms with Gasteiger partial charge in [0, 0.05) is 52.4 Å². The second-order valence-corrected chi connectivity index (χ2v) is 14.9. The van der Waals surface area contributed by atoms with Gasteiger partial charge < -0.3 is 24.3 Å². The molecule has 12 nitrogen and oxygen atoms in total. The number of carbonyl (C=O) groups is 4. The van der Waals surface area contributed by atoms with E-state index in [0.717, 1.165) is 5.56 Å². The average molecular weight is 663 g/mol. The molecule has 1 atom stereocenters. The summed E-state index contributed by atoms with van der Waals surface area (Å²) in [7, 11) is 0. The number of hydrogen-bond acceptors (Lipinski definition) is 12. The van der Waals surface area contributed by atoms with Gasteiger partial charge >= 0.3 is 23.9 Å². The van der Waals surface area contributed by atoms with Crippen LogP contribution in [0.3, 0.4) is 0 Å². The van der Waals surface area contributed by atoms with E-state index in [9.17, 15) is 19.2 Å². The second-order valence-electron chi connectivity index (χ2n) is 14.9. The van der Waals surface area contributed by atoms with Crippen molar-refractivity contribution in [2.45, 2.75) is 98.2 Å². The Morgan fingerprint density at radius 3 is 1.57 bits per heavy atom. The van der Waals surface area contributed by atoms with E-state index in [2.05, 4.69) is 5.32 Å². The Bertz CT molecular complexity index is 1100. The predicted molar refractivity (Wildman–Crippen MR) is 180 cm³/mol. The summed E-state index contributed by atoms with van der Waals surface area (Å²) in [5.41, 5.74) is -1.18. The highest BCUT2D eigenvalue weighted by molar-refractivity contribution is 5.83. The number of esters is 4. The normalized spacial score (nSPS) is 17.5. The van der Waals surface area contributed by atoms with Crippen LogP contribution in [-0.2, 0) is 44.7 Å². The molecule has 1 aliphatic heterocycles. The van der Waals surface area contributed by atoms with Crippen molar-refractivity contribution in [1.82, 2.24) is 20.0 Å². The van der Waals surface area contributed by atoms with Crippen molar-refractivity contribution >= 4 is 23.9 Å². The molecule has 1 unspecified atom stereocenters. The van der Waals surface area contributed by atoms with Gasteiger partial charge in [0.1, 0.15) is 29.5 Å². The molecule has 0 saturated carbocycles. The lowest BCUT2D eigenvalue weighted by molar-refractivity contribution is -0.166. The Balaban J connectivity index is 2.34. The predicted octanol–water partition coefficient (Wildman–Crippen LogP) is 3.02. The Kier molecular flexibility index (Phi) is 15.8. The first kappa shape index (κ1) is 40.1. The summed E-state index contributed by atoms with van der Waals surface area (Å²) in [4.78, 5) is 58.3. The number of hydrogen-bond donors (Lipinski definition) is 1. The summed E-state index contributed by atoms with van der Waals surface area (Å²) >= 11 is 0. The lowest BCUT2D eigenvalue weighted by Crippen LogP contribution is -2.53. The van der Waals surface area contributed by atoms with Gasteiger partial charge in [0.25, 0.3) is 0 Å². The van der Waals surface area contributed by atoms with Gasteiger partial charge in [0.05, 0.1) is 19.5 Å². The largest absolute Gasteiger partial charge is 0.461 e. The van der Waals surface area contributed by atoms with E-state index in [1.807, 2.05) is 86.6 Å². The summed E-state index contributed by atoms with van der Waals surface area (Å²) in [6, 6.07) is 8.39. The molecule has 2 rings (SSSR count). The minimum atomic E-state index is -0.953. The van der Waals surface area contributed by atoms with Crippen LogP contribution in [-0.4, -0.2) is 127 Å². The van der Waals surface area contributed by atoms with Crippen LogP contribution in [0.2, 0.25) is 0 Å². The van der Waals surface area contributed by atoms with Crippen LogP contribution < -0.4 is 5.32 Å². The fraction of sp³-hybridized carbons (Fsp3) is 0.714. The van der Waals surface area contributed by atoms with Crippen LogP contribution in [0.15, 0.2) is 30.3 Å². The second kappa shape index (κ2) is 18.5. The SMILES string of the molecule is CC(C)(C)OC(=O)CN1CCNCCN(CC(=O)OC(C)(C)C)CCN(C(CC(=O)OCc2ccccc2)C(=O)OC(C)(C)C)CC1. The Morgan fingerprint density at radius 2 is 1.13 bits per heavy atom. The maximum atomic E-state index is 13.7. The van der Waals surface area contributed by atoms with Gasteiger partial charge in [-0.1, -0.05) is 30.3 Å². The molecule has 0 aliphatic carbocycles. The molecular formula is C35H58N4O8. The number of carbonyl (C=O) groups excluding carboxylic acids is 4. The third-order valence-electron chi connectivity index (χ3n) is 6.88. The molecule has 0 spiro atoms. The molecule has 1 saturated heterocycles. The van der Waals surface area contributed by atoms with E-state index >= 15 is 0 Å². The maximum absolute atomic E-state index is 13.7. The first-order valence-electron chi connectivity index (χ1n) is 16.6. The van der Waals surface area contributed by atoms with Crippen LogP contribution in [0.4, 0.5) is 0 Å². The highest BCUT2D eigenvalue weighted by atomic mass is 16.6. The Hall–Kier alpha value is -3.06. The molecule has 1 aromatic rings. The molecular weight excluding hydrogens is 604 g/mol. The topological polar surface area (TPSA) is 127 Å². The zero-order chi connectivity index (χ0) is 35.3. The monoisotopic (exact) mass is 662 g/mol. The van der Waals surface area contributed by atoms with Crippen molar-refractivity contribution in [2.24, 2.45) is 0 Å². The molecule has 0 amide bonds. The Morgan fingerprint density at radius 1 is 0.660 bits per heavy atom. The summed E-state index contributed by atoms with van der Waals surface area (Å²) in [5, 5.41) is 3.40. The molecule has 1 N–H and O–H groups in total. The molecule has 1 heterocycles. The molecule has 0 bridgehead atoms. The molecule has 1 aromatic carbocycles. The van der Waals surface area contributed by atoms with Crippen molar-refractivity contribution in [3.63, 3.8) is 0 Å². The third-order valence-corrected chi connectivity index (χ3v) is 6.88. The van der Waals surface area contributed by atoms with E-state index in [0.29, 0.717) is 52.4 Å². The summed E-state index contributed by atoms with van der Waals surface area (Å²) < 4.78 is 22.6. The number of rotatable bonds is 10. The van der Waals surface area contributed by atoms with E-state index in [-0.39, 0.29) is 38.1 Å². The number of nitrogens with zero attached hydrogens (tertiary/aromatic N) is 3. The molecule has 12 heteroatoms. The van der Waals surface area contributed by atoms with E-state index < -0.39 is 34.8 Å². The highest BCUT2D eigenvalue weighted by Crippen LogP contribution is 2.17. The van der Waals surface area contributed by atoms with Crippen molar-refractivity contribution in [3.8, 4) is 0 Å². The number of ether oxygens (including phenoxy) is 4. The number of benzene rings is 1. The smallest absolute Gasteiger partial charge is 0.324 e. The Labute approximate surface area is 281 Å². The minimum absolute atomic E-state index is 0.0772. The molecule has 47 heavy (non-hydrogen) atoms. The van der Waals surface area contributed by atoms with Gasteiger partial charge in [-0.25, -0.2) is 0 Å². The quantitative estimate of drug-likeness (QED) is 0.292. The van der Waals surface area contributed by atoms with Gasteiger partial charge in [-0.05, 0) is 67.9 Å². The van der Waals surface area contributed by atoms with Gasteiger partial charge in [-0.3, -0.25) is 33.9 Å². The molecule has 1 fully saturated rings. The van der Waals surface area contributed by atoms with E-state index in [1.54, 1.807) is 20.8 Å². The van der Waals surface area contributed by atoms with Crippen LogP contribution in [0, 0.1) is 0 Å². The van der Waals surface area contributed by atoms with Gasteiger partial charge in [-0.15, -0.1) is 0 Å². The summed E-state index contributed by atoms with van der Waals surface area (Å²) in [6.07, 6.45) is -0.221. The van der Waals surface area contributed by atoms with Crippen molar-refractivity contribution < 1.29 is 38.1 Å². The first-order valence-corrected chi connectivity index (χ1v) is 16.6. The summed E-state index contributed by atoms with van der Waals surface area (Å²) in [6.45, 7) is 20.4. The maximum Gasteiger partial charge on any atom is 0.324 e. The van der Waals surface area contributed by atoms with Gasteiger partial charge in [0.2, 0.25) is 0 Å². The highest BCUT2D eigenvalue weighted by Gasteiger charge is 2.34. The number of nitrogens with one attached hydrogen (secondary N) is 1. The van der Waals surface area contributed by atoms with Crippen molar-refractivity contribution in [1.29, 1.82) is 0 Å². The zero-order valence-electron chi connectivity index (χ0n) is 30.1. The van der Waals surface area contributed by atoms with Crippen LogP contribution in [0.1, 0.15) is 74.3 Å². The van der Waals surface area contributed by atoms with E-state index in [1.165, 1.54) is 0 Å². The molecule has 1 aliphatic rings. The lowest BCUT2D eigenvalue weighted by atomic mass is 10.1. The lowest BCUT2D eigenvalue weighted by Gasteiger charge is -2.36. The minimum Gasteiger partial charge on any atom is -0.461 e. The van der Waals surface area contributed by atoms with Crippen LogP contribution >= 0.6 is 0 Å². The van der Waals surface area contributed by atoms with Gasteiger partial charge in [0.15, 0.2) is 0 Å². The third kappa shape index (κ3) is 18.2. The first-order chi connectivity index (χ1) is 21.8.